The minimum Gasteiger partial charge on any atom is -0.290 e. The van der Waals surface area contributed by atoms with Gasteiger partial charge in [0, 0.05) is 11.3 Å². The number of aromatic amines is 1. The molecule has 0 saturated carbocycles. The monoisotopic (exact) mass is 356 g/mol. The van der Waals surface area contributed by atoms with Crippen molar-refractivity contribution in [3.8, 4) is 5.95 Å². The fraction of sp³-hybridized carbons (Fsp3) is 0.235. The second kappa shape index (κ2) is 6.98. The molecule has 0 amide bonds. The molecule has 128 valence electrons. The van der Waals surface area contributed by atoms with Crippen molar-refractivity contribution in [2.45, 2.75) is 27.2 Å². The van der Waals surface area contributed by atoms with Crippen molar-refractivity contribution in [1.82, 2.24) is 19.7 Å². The highest BCUT2D eigenvalue weighted by Gasteiger charge is 2.16. The molecule has 1 aromatic carbocycles. The molecule has 0 aliphatic heterocycles. The first-order valence-corrected chi connectivity index (χ1v) is 8.20. The maximum Gasteiger partial charge on any atom is 0.301 e. The summed E-state index contributed by atoms with van der Waals surface area (Å²) in [5, 5.41) is 11.4. The Morgan fingerprint density at radius 1 is 1.16 bits per heavy atom. The summed E-state index contributed by atoms with van der Waals surface area (Å²) >= 11 is 6.20. The summed E-state index contributed by atoms with van der Waals surface area (Å²) in [5.41, 5.74) is 2.67. The van der Waals surface area contributed by atoms with Gasteiger partial charge in [-0.3, -0.25) is 9.89 Å². The molecule has 0 fully saturated rings. The van der Waals surface area contributed by atoms with E-state index in [1.54, 1.807) is 19.1 Å². The second-order valence-corrected chi connectivity index (χ2v) is 5.85. The normalized spacial score (nSPS) is 11.4. The smallest absolute Gasteiger partial charge is 0.290 e. The summed E-state index contributed by atoms with van der Waals surface area (Å²) in [7, 11) is 0. The second-order valence-electron chi connectivity index (χ2n) is 5.49. The largest absolute Gasteiger partial charge is 0.301 e. The van der Waals surface area contributed by atoms with Crippen LogP contribution in [0.2, 0.25) is 5.15 Å². The van der Waals surface area contributed by atoms with Crippen LogP contribution in [-0.4, -0.2) is 19.7 Å². The van der Waals surface area contributed by atoms with Gasteiger partial charge in [0.05, 0.1) is 11.4 Å². The van der Waals surface area contributed by atoms with E-state index >= 15 is 0 Å². The van der Waals surface area contributed by atoms with Crippen molar-refractivity contribution in [2.24, 2.45) is 10.2 Å². The molecule has 0 spiro atoms. The van der Waals surface area contributed by atoms with Gasteiger partial charge in [0.25, 0.3) is 5.95 Å². The third-order valence-corrected chi connectivity index (χ3v) is 4.08. The highest BCUT2D eigenvalue weighted by atomic mass is 35.5. The van der Waals surface area contributed by atoms with Crippen LogP contribution >= 0.6 is 11.6 Å². The van der Waals surface area contributed by atoms with E-state index in [0.29, 0.717) is 16.5 Å². The van der Waals surface area contributed by atoms with Crippen LogP contribution < -0.4 is 5.56 Å². The predicted molar refractivity (Wildman–Crippen MR) is 96.5 cm³/mol. The molecule has 0 atom stereocenters. The first kappa shape index (κ1) is 17.0. The lowest BCUT2D eigenvalue weighted by molar-refractivity contribution is 0.763. The summed E-state index contributed by atoms with van der Waals surface area (Å²) in [6, 6.07) is 9.20. The number of nitrogens with zero attached hydrogens (tertiary/aromatic N) is 5. The maximum absolute atomic E-state index is 12.6. The zero-order valence-electron chi connectivity index (χ0n) is 14.1. The van der Waals surface area contributed by atoms with E-state index in [0.717, 1.165) is 17.7 Å². The molecule has 0 aliphatic carbocycles. The number of H-pyrrole nitrogens is 1. The number of hydrogen-bond acceptors (Lipinski definition) is 5. The van der Waals surface area contributed by atoms with Gasteiger partial charge in [0.2, 0.25) is 0 Å². The van der Waals surface area contributed by atoms with Crippen molar-refractivity contribution < 1.29 is 0 Å². The van der Waals surface area contributed by atoms with Crippen LogP contribution in [0.3, 0.4) is 0 Å². The Kier molecular flexibility index (Phi) is 4.76. The number of azo groups is 1. The number of benzene rings is 1. The Morgan fingerprint density at radius 3 is 2.52 bits per heavy atom. The van der Waals surface area contributed by atoms with E-state index in [9.17, 15) is 4.79 Å². The van der Waals surface area contributed by atoms with Gasteiger partial charge in [-0.1, -0.05) is 36.7 Å². The van der Waals surface area contributed by atoms with Crippen molar-refractivity contribution in [2.75, 3.05) is 0 Å². The van der Waals surface area contributed by atoms with Gasteiger partial charge in [0.1, 0.15) is 5.15 Å². The number of aryl methyl sites for hydroxylation is 2. The van der Waals surface area contributed by atoms with Crippen LogP contribution in [0, 0.1) is 13.8 Å². The Hall–Kier alpha value is -2.80. The molecule has 3 rings (SSSR count). The van der Waals surface area contributed by atoms with E-state index in [2.05, 4.69) is 25.3 Å². The van der Waals surface area contributed by atoms with Crippen molar-refractivity contribution >= 4 is 23.0 Å². The average Bonchev–Trinajstić information content (AvgIpc) is 2.88. The van der Waals surface area contributed by atoms with Crippen LogP contribution in [0.5, 0.6) is 0 Å². The number of rotatable bonds is 4. The van der Waals surface area contributed by atoms with Crippen LogP contribution in [0.25, 0.3) is 5.95 Å². The molecule has 0 aliphatic rings. The number of nitrogens with one attached hydrogen (secondary N) is 1. The van der Waals surface area contributed by atoms with E-state index in [1.807, 2.05) is 32.0 Å². The molecule has 0 saturated heterocycles. The zero-order chi connectivity index (χ0) is 18.0. The third kappa shape index (κ3) is 3.36. The third-order valence-electron chi connectivity index (χ3n) is 3.77. The molecule has 1 N–H and O–H groups in total. The Bertz CT molecular complexity index is 967. The Morgan fingerprint density at radius 2 is 1.88 bits per heavy atom. The average molecular weight is 357 g/mol. The SMILES string of the molecule is CCc1c(C)nc(-n2[nH]c(C)c(N=Nc3ccccc3)c2=O)nc1Cl. The number of halogens is 1. The molecule has 2 aromatic heterocycles. The minimum absolute atomic E-state index is 0.189. The van der Waals surface area contributed by atoms with Gasteiger partial charge in [-0.05, 0) is 32.4 Å². The van der Waals surface area contributed by atoms with Gasteiger partial charge >= 0.3 is 5.56 Å². The Balaban J connectivity index is 2.03. The molecule has 0 radical (unpaired) electrons. The molecule has 0 bridgehead atoms. The summed E-state index contributed by atoms with van der Waals surface area (Å²) in [6.07, 6.45) is 0.722. The highest BCUT2D eigenvalue weighted by molar-refractivity contribution is 6.30. The topological polar surface area (TPSA) is 88.3 Å². The van der Waals surface area contributed by atoms with Crippen LogP contribution in [0.1, 0.15) is 23.9 Å². The van der Waals surface area contributed by atoms with E-state index in [-0.39, 0.29) is 17.2 Å². The van der Waals surface area contributed by atoms with E-state index < -0.39 is 0 Å². The number of hydrogen-bond donors (Lipinski definition) is 1. The molecule has 8 heteroatoms. The summed E-state index contributed by atoms with van der Waals surface area (Å²) in [5.74, 6) is 0.189. The quantitative estimate of drug-likeness (QED) is 0.561. The van der Waals surface area contributed by atoms with Crippen molar-refractivity contribution in [3.63, 3.8) is 0 Å². The van der Waals surface area contributed by atoms with Crippen molar-refractivity contribution in [3.05, 3.63) is 62.8 Å². The summed E-state index contributed by atoms with van der Waals surface area (Å²) in [4.78, 5) is 21.2. The molecule has 25 heavy (non-hydrogen) atoms. The summed E-state index contributed by atoms with van der Waals surface area (Å²) < 4.78 is 1.23. The molecule has 7 nitrogen and oxygen atoms in total. The van der Waals surface area contributed by atoms with Gasteiger partial charge in [0.15, 0.2) is 5.69 Å². The van der Waals surface area contributed by atoms with Crippen LogP contribution in [-0.2, 0) is 6.42 Å². The van der Waals surface area contributed by atoms with Crippen LogP contribution in [0.4, 0.5) is 11.4 Å². The standard InChI is InChI=1S/C17H17ClN6O/c1-4-13-10(2)19-17(20-15(13)18)24-16(25)14(11(3)23-24)22-21-12-8-6-5-7-9-12/h5-9,23H,4H2,1-3H3. The van der Waals surface area contributed by atoms with Gasteiger partial charge in [-0.25, -0.2) is 4.98 Å². The highest BCUT2D eigenvalue weighted by Crippen LogP contribution is 2.20. The molecular formula is C17H17ClN6O. The van der Waals surface area contributed by atoms with Crippen LogP contribution in [0.15, 0.2) is 45.4 Å². The molecule has 0 unspecified atom stereocenters. The summed E-state index contributed by atoms with van der Waals surface area (Å²) in [6.45, 7) is 5.56. The lowest BCUT2D eigenvalue weighted by Gasteiger charge is -2.07. The van der Waals surface area contributed by atoms with Gasteiger partial charge in [-0.15, -0.1) is 5.11 Å². The van der Waals surface area contributed by atoms with E-state index in [1.165, 1.54) is 4.68 Å². The predicted octanol–water partition coefficient (Wildman–Crippen LogP) is 4.20. The molecule has 3 aromatic rings. The first-order chi connectivity index (χ1) is 12.0. The molecule has 2 heterocycles. The lowest BCUT2D eigenvalue weighted by Crippen LogP contribution is -2.18. The fourth-order valence-electron chi connectivity index (χ4n) is 2.45. The number of aromatic nitrogens is 4. The van der Waals surface area contributed by atoms with Gasteiger partial charge < -0.3 is 0 Å². The minimum atomic E-state index is -0.378. The molecular weight excluding hydrogens is 340 g/mol. The lowest BCUT2D eigenvalue weighted by atomic mass is 10.2. The fourth-order valence-corrected chi connectivity index (χ4v) is 2.79. The zero-order valence-corrected chi connectivity index (χ0v) is 14.9. The Labute approximate surface area is 149 Å². The first-order valence-electron chi connectivity index (χ1n) is 7.83. The van der Waals surface area contributed by atoms with Gasteiger partial charge in [-0.2, -0.15) is 14.8 Å². The van der Waals surface area contributed by atoms with E-state index in [4.69, 9.17) is 11.6 Å². The van der Waals surface area contributed by atoms with Crippen molar-refractivity contribution in [1.29, 1.82) is 0 Å². The maximum atomic E-state index is 12.6.